The third kappa shape index (κ3) is 3.94. The van der Waals surface area contributed by atoms with Crippen molar-refractivity contribution in [2.75, 3.05) is 7.05 Å². The summed E-state index contributed by atoms with van der Waals surface area (Å²) in [7, 11) is 1.71. The normalized spacial score (nSPS) is 10.9. The van der Waals surface area contributed by atoms with E-state index in [0.29, 0.717) is 5.56 Å². The maximum Gasteiger partial charge on any atom is 0.227 e. The van der Waals surface area contributed by atoms with Gasteiger partial charge in [0.25, 0.3) is 0 Å². The van der Waals surface area contributed by atoms with Crippen LogP contribution < -0.4 is 0 Å². The molecule has 0 unspecified atom stereocenters. The van der Waals surface area contributed by atoms with Crippen molar-refractivity contribution in [3.63, 3.8) is 0 Å². The standard InChI is InChI=1S/C26H23FN2O/c1-18-22(16-25(30)29(2)17-20-12-6-8-14-23(20)27)26(19-10-4-3-5-11-19)21-13-7-9-15-24(21)28-18/h3-15H,16-17H2,1-2H3. The molecule has 4 rings (SSSR count). The van der Waals surface area contributed by atoms with Crippen LogP contribution in [0.5, 0.6) is 0 Å². The van der Waals surface area contributed by atoms with Crippen molar-refractivity contribution in [2.45, 2.75) is 19.9 Å². The van der Waals surface area contributed by atoms with Crippen molar-refractivity contribution in [1.82, 2.24) is 9.88 Å². The average Bonchev–Trinajstić information content (AvgIpc) is 2.76. The number of aromatic nitrogens is 1. The molecule has 3 aromatic carbocycles. The Morgan fingerprint density at radius 1 is 0.933 bits per heavy atom. The molecule has 1 amide bonds. The van der Waals surface area contributed by atoms with Gasteiger partial charge in [0.2, 0.25) is 5.91 Å². The van der Waals surface area contributed by atoms with Gasteiger partial charge in [0.05, 0.1) is 11.9 Å². The number of carbonyl (C=O) groups excluding carboxylic acids is 1. The summed E-state index contributed by atoms with van der Waals surface area (Å²) in [6, 6.07) is 24.6. The Morgan fingerprint density at radius 2 is 1.60 bits per heavy atom. The van der Waals surface area contributed by atoms with Gasteiger partial charge in [0.15, 0.2) is 0 Å². The summed E-state index contributed by atoms with van der Waals surface area (Å²) in [6.45, 7) is 2.17. The summed E-state index contributed by atoms with van der Waals surface area (Å²) in [5.74, 6) is -0.374. The smallest absolute Gasteiger partial charge is 0.227 e. The molecule has 0 saturated heterocycles. The maximum atomic E-state index is 14.0. The summed E-state index contributed by atoms with van der Waals surface area (Å²) in [4.78, 5) is 19.4. The number of carbonyl (C=O) groups is 1. The quantitative estimate of drug-likeness (QED) is 0.442. The molecular formula is C26H23FN2O. The van der Waals surface area contributed by atoms with Crippen molar-refractivity contribution in [3.05, 3.63) is 102 Å². The van der Waals surface area contributed by atoms with Crippen LogP contribution in [-0.4, -0.2) is 22.8 Å². The Labute approximate surface area is 175 Å². The van der Waals surface area contributed by atoms with Crippen LogP contribution in [0, 0.1) is 12.7 Å². The van der Waals surface area contributed by atoms with Crippen LogP contribution in [0.25, 0.3) is 22.0 Å². The number of hydrogen-bond acceptors (Lipinski definition) is 2. The highest BCUT2D eigenvalue weighted by Gasteiger charge is 2.19. The first kappa shape index (κ1) is 19.8. The zero-order valence-electron chi connectivity index (χ0n) is 17.1. The van der Waals surface area contributed by atoms with Gasteiger partial charge in [-0.3, -0.25) is 9.78 Å². The number of halogens is 1. The molecule has 0 aliphatic rings. The first-order valence-electron chi connectivity index (χ1n) is 9.95. The summed E-state index contributed by atoms with van der Waals surface area (Å²) in [5, 5.41) is 1.02. The molecule has 30 heavy (non-hydrogen) atoms. The molecule has 0 saturated carbocycles. The lowest BCUT2D eigenvalue weighted by atomic mass is 9.92. The van der Waals surface area contributed by atoms with E-state index in [1.807, 2.05) is 49.4 Å². The predicted molar refractivity (Wildman–Crippen MR) is 118 cm³/mol. The van der Waals surface area contributed by atoms with Crippen molar-refractivity contribution < 1.29 is 9.18 Å². The molecular weight excluding hydrogens is 375 g/mol. The summed E-state index contributed by atoms with van der Waals surface area (Å²) >= 11 is 0. The number of fused-ring (bicyclic) bond motifs is 1. The second-order valence-corrected chi connectivity index (χ2v) is 7.45. The zero-order valence-corrected chi connectivity index (χ0v) is 17.1. The van der Waals surface area contributed by atoms with Gasteiger partial charge >= 0.3 is 0 Å². The van der Waals surface area contributed by atoms with Crippen molar-refractivity contribution in [1.29, 1.82) is 0 Å². The summed E-state index contributed by atoms with van der Waals surface area (Å²) in [5.41, 5.74) is 5.24. The second-order valence-electron chi connectivity index (χ2n) is 7.45. The Bertz CT molecular complexity index is 1200. The molecule has 3 nitrogen and oxygen atoms in total. The highest BCUT2D eigenvalue weighted by molar-refractivity contribution is 5.98. The molecule has 0 N–H and O–H groups in total. The molecule has 4 aromatic rings. The minimum atomic E-state index is -0.300. The van der Waals surface area contributed by atoms with E-state index in [-0.39, 0.29) is 24.7 Å². The molecule has 0 aliphatic heterocycles. The molecule has 0 radical (unpaired) electrons. The number of aryl methyl sites for hydroxylation is 1. The first-order valence-corrected chi connectivity index (χ1v) is 9.95. The van der Waals surface area contributed by atoms with Gasteiger partial charge in [-0.1, -0.05) is 66.7 Å². The number of pyridine rings is 1. The molecule has 4 heteroatoms. The lowest BCUT2D eigenvalue weighted by Crippen LogP contribution is -2.28. The first-order chi connectivity index (χ1) is 14.5. The van der Waals surface area contributed by atoms with Crippen molar-refractivity contribution >= 4 is 16.8 Å². The van der Waals surface area contributed by atoms with Gasteiger partial charge in [-0.25, -0.2) is 4.39 Å². The fraction of sp³-hybridized carbons (Fsp3) is 0.154. The van der Waals surface area contributed by atoms with E-state index in [1.54, 1.807) is 30.1 Å². The molecule has 1 heterocycles. The van der Waals surface area contributed by atoms with Crippen LogP contribution in [0.3, 0.4) is 0 Å². The third-order valence-corrected chi connectivity index (χ3v) is 5.38. The number of likely N-dealkylation sites (N-methyl/N-ethyl adjacent to an activating group) is 1. The predicted octanol–water partition coefficient (Wildman–Crippen LogP) is 5.55. The molecule has 0 atom stereocenters. The number of rotatable bonds is 5. The number of hydrogen-bond donors (Lipinski definition) is 0. The lowest BCUT2D eigenvalue weighted by Gasteiger charge is -2.20. The third-order valence-electron chi connectivity index (χ3n) is 5.38. The van der Waals surface area contributed by atoms with E-state index in [9.17, 15) is 9.18 Å². The van der Waals surface area contributed by atoms with Crippen molar-refractivity contribution in [3.8, 4) is 11.1 Å². The fourth-order valence-electron chi connectivity index (χ4n) is 3.78. The van der Waals surface area contributed by atoms with Gasteiger partial charge < -0.3 is 4.90 Å². The van der Waals surface area contributed by atoms with E-state index in [4.69, 9.17) is 4.98 Å². The summed E-state index contributed by atoms with van der Waals surface area (Å²) in [6.07, 6.45) is 0.207. The minimum Gasteiger partial charge on any atom is -0.341 e. The van der Waals surface area contributed by atoms with Crippen LogP contribution in [0.4, 0.5) is 4.39 Å². The van der Waals surface area contributed by atoms with E-state index >= 15 is 0 Å². The second kappa shape index (κ2) is 8.46. The Morgan fingerprint density at radius 3 is 2.37 bits per heavy atom. The number of benzene rings is 3. The maximum absolute atomic E-state index is 14.0. The topological polar surface area (TPSA) is 33.2 Å². The number of amides is 1. The monoisotopic (exact) mass is 398 g/mol. The highest BCUT2D eigenvalue weighted by atomic mass is 19.1. The van der Waals surface area contributed by atoms with Crippen LogP contribution in [-0.2, 0) is 17.8 Å². The SMILES string of the molecule is Cc1nc2ccccc2c(-c2ccccc2)c1CC(=O)N(C)Cc1ccccc1F. The van der Waals surface area contributed by atoms with Crippen LogP contribution in [0.2, 0.25) is 0 Å². The van der Waals surface area contributed by atoms with Gasteiger partial charge in [-0.05, 0) is 35.7 Å². The van der Waals surface area contributed by atoms with E-state index in [0.717, 1.165) is 33.3 Å². The molecule has 0 bridgehead atoms. The van der Waals surface area contributed by atoms with E-state index < -0.39 is 0 Å². The van der Waals surface area contributed by atoms with Gasteiger partial charge in [0.1, 0.15) is 5.82 Å². The Hall–Kier alpha value is -3.53. The number of para-hydroxylation sites is 1. The molecule has 0 spiro atoms. The molecule has 0 aliphatic carbocycles. The van der Waals surface area contributed by atoms with Crippen LogP contribution >= 0.6 is 0 Å². The summed E-state index contributed by atoms with van der Waals surface area (Å²) < 4.78 is 14.0. The largest absolute Gasteiger partial charge is 0.341 e. The van der Waals surface area contributed by atoms with E-state index in [2.05, 4.69) is 12.1 Å². The average molecular weight is 398 g/mol. The number of nitrogens with zero attached hydrogens (tertiary/aromatic N) is 2. The zero-order chi connectivity index (χ0) is 21.1. The minimum absolute atomic E-state index is 0.0735. The van der Waals surface area contributed by atoms with Crippen molar-refractivity contribution in [2.24, 2.45) is 0 Å². The lowest BCUT2D eigenvalue weighted by molar-refractivity contribution is -0.129. The van der Waals surface area contributed by atoms with Crippen LogP contribution in [0.15, 0.2) is 78.9 Å². The fourth-order valence-corrected chi connectivity index (χ4v) is 3.78. The molecule has 1 aromatic heterocycles. The van der Waals surface area contributed by atoms with Gasteiger partial charge in [-0.2, -0.15) is 0 Å². The highest BCUT2D eigenvalue weighted by Crippen LogP contribution is 2.33. The Balaban J connectivity index is 1.72. The van der Waals surface area contributed by atoms with Gasteiger partial charge in [0, 0.05) is 30.2 Å². The van der Waals surface area contributed by atoms with Gasteiger partial charge in [-0.15, -0.1) is 0 Å². The van der Waals surface area contributed by atoms with E-state index in [1.165, 1.54) is 6.07 Å². The Kier molecular flexibility index (Phi) is 5.57. The molecule has 0 fully saturated rings. The van der Waals surface area contributed by atoms with Crippen LogP contribution in [0.1, 0.15) is 16.8 Å². The molecule has 150 valence electrons.